The van der Waals surface area contributed by atoms with Gasteiger partial charge in [0.25, 0.3) is 0 Å². The van der Waals surface area contributed by atoms with E-state index in [1.54, 1.807) is 0 Å². The smallest absolute Gasteiger partial charge is 0.373 e. The molecule has 1 N–H and O–H groups in total. The average molecular weight is 289 g/mol. The van der Waals surface area contributed by atoms with Crippen molar-refractivity contribution < 1.29 is 22.7 Å². The summed E-state index contributed by atoms with van der Waals surface area (Å²) < 4.78 is 27.3. The normalized spacial score (nSPS) is 12.9. The summed E-state index contributed by atoms with van der Waals surface area (Å²) in [7, 11) is -3.46. The van der Waals surface area contributed by atoms with Crippen LogP contribution in [0, 0.1) is 5.92 Å². The van der Waals surface area contributed by atoms with Crippen LogP contribution in [0.4, 0.5) is 0 Å². The van der Waals surface area contributed by atoms with Gasteiger partial charge in [0, 0.05) is 6.26 Å². The molecular weight excluding hydrogens is 270 g/mol. The van der Waals surface area contributed by atoms with Crippen molar-refractivity contribution in [1.82, 2.24) is 4.98 Å². The Hall–Kier alpha value is -1.37. The van der Waals surface area contributed by atoms with E-state index in [4.69, 9.17) is 9.52 Å². The first-order valence-electron chi connectivity index (χ1n) is 5.90. The molecule has 0 fully saturated rings. The monoisotopic (exact) mass is 289 g/mol. The lowest BCUT2D eigenvalue weighted by Gasteiger charge is -2.17. The maximum Gasteiger partial charge on any atom is 0.373 e. The molecule has 0 aromatic carbocycles. The van der Waals surface area contributed by atoms with E-state index in [9.17, 15) is 13.2 Å². The quantitative estimate of drug-likeness (QED) is 0.888. The lowest BCUT2D eigenvalue weighted by Crippen LogP contribution is -2.28. The first-order chi connectivity index (χ1) is 8.46. The molecule has 7 heteroatoms. The van der Waals surface area contributed by atoms with Crippen LogP contribution in [0.25, 0.3) is 0 Å². The second-order valence-corrected chi connectivity index (χ2v) is 8.05. The summed E-state index contributed by atoms with van der Waals surface area (Å²) >= 11 is 0. The standard InChI is InChI=1S/C12H19NO5S/c1-7(2)6-8-9(10(14)15)18-11(13-8)12(3,4)19(5,16)17/h7H,6H2,1-5H3,(H,14,15). The number of carboxylic acids is 1. The van der Waals surface area contributed by atoms with Crippen molar-refractivity contribution in [3.8, 4) is 0 Å². The third-order valence-corrected chi connectivity index (χ3v) is 4.96. The predicted molar refractivity (Wildman–Crippen MR) is 69.9 cm³/mol. The Balaban J connectivity index is 3.37. The van der Waals surface area contributed by atoms with Crippen LogP contribution in [0.1, 0.15) is 49.8 Å². The van der Waals surface area contributed by atoms with Gasteiger partial charge in [-0.3, -0.25) is 0 Å². The molecule has 0 aliphatic carbocycles. The van der Waals surface area contributed by atoms with Gasteiger partial charge >= 0.3 is 5.97 Å². The first-order valence-corrected chi connectivity index (χ1v) is 7.79. The van der Waals surface area contributed by atoms with E-state index in [0.29, 0.717) is 6.42 Å². The van der Waals surface area contributed by atoms with Crippen LogP contribution < -0.4 is 0 Å². The Morgan fingerprint density at radius 1 is 1.42 bits per heavy atom. The van der Waals surface area contributed by atoms with Crippen LogP contribution in [0.5, 0.6) is 0 Å². The molecule has 0 unspecified atom stereocenters. The van der Waals surface area contributed by atoms with Crippen molar-refractivity contribution in [2.24, 2.45) is 5.92 Å². The summed E-state index contributed by atoms with van der Waals surface area (Å²) in [5, 5.41) is 9.08. The van der Waals surface area contributed by atoms with E-state index in [2.05, 4.69) is 4.98 Å². The van der Waals surface area contributed by atoms with Crippen molar-refractivity contribution in [2.75, 3.05) is 6.26 Å². The van der Waals surface area contributed by atoms with Crippen LogP contribution in [0.2, 0.25) is 0 Å². The lowest BCUT2D eigenvalue weighted by atomic mass is 10.1. The van der Waals surface area contributed by atoms with Crippen LogP contribution in [-0.2, 0) is 21.0 Å². The van der Waals surface area contributed by atoms with Crippen molar-refractivity contribution >= 4 is 15.8 Å². The summed E-state index contributed by atoms with van der Waals surface area (Å²) in [4.78, 5) is 15.2. The van der Waals surface area contributed by atoms with Crippen LogP contribution in [0.3, 0.4) is 0 Å². The van der Waals surface area contributed by atoms with Gasteiger partial charge in [-0.1, -0.05) is 13.8 Å². The maximum atomic E-state index is 11.7. The number of rotatable bonds is 5. The summed E-state index contributed by atoms with van der Waals surface area (Å²) in [5.41, 5.74) is 0.286. The molecule has 0 amide bonds. The highest BCUT2D eigenvalue weighted by molar-refractivity contribution is 7.91. The fourth-order valence-electron chi connectivity index (χ4n) is 1.46. The van der Waals surface area contributed by atoms with Crippen LogP contribution in [-0.4, -0.2) is 30.7 Å². The average Bonchev–Trinajstić information content (AvgIpc) is 2.59. The molecule has 0 atom stereocenters. The maximum absolute atomic E-state index is 11.7. The minimum absolute atomic E-state index is 0.0805. The van der Waals surface area contributed by atoms with E-state index >= 15 is 0 Å². The topological polar surface area (TPSA) is 97.5 Å². The number of carbonyl (C=O) groups is 1. The van der Waals surface area contributed by atoms with Gasteiger partial charge in [0.2, 0.25) is 11.7 Å². The van der Waals surface area contributed by atoms with Gasteiger partial charge in [0.05, 0.1) is 5.69 Å². The number of hydrogen-bond donors (Lipinski definition) is 1. The molecule has 6 nitrogen and oxygen atoms in total. The minimum Gasteiger partial charge on any atom is -0.475 e. The number of nitrogens with zero attached hydrogens (tertiary/aromatic N) is 1. The summed E-state index contributed by atoms with van der Waals surface area (Å²) in [6, 6.07) is 0. The molecule has 0 radical (unpaired) electrons. The Kier molecular flexibility index (Phi) is 4.09. The van der Waals surface area contributed by atoms with E-state index < -0.39 is 20.6 Å². The van der Waals surface area contributed by atoms with Crippen LogP contribution >= 0.6 is 0 Å². The predicted octanol–water partition coefficient (Wildman–Crippen LogP) is 1.85. The molecule has 0 bridgehead atoms. The van der Waals surface area contributed by atoms with Gasteiger partial charge in [0.1, 0.15) is 4.75 Å². The molecule has 1 aromatic rings. The summed E-state index contributed by atoms with van der Waals surface area (Å²) in [6.07, 6.45) is 1.49. The molecule has 108 valence electrons. The Labute approximate surface area is 112 Å². The highest BCUT2D eigenvalue weighted by atomic mass is 32.2. The third-order valence-electron chi connectivity index (χ3n) is 2.94. The van der Waals surface area contributed by atoms with E-state index in [1.807, 2.05) is 13.8 Å². The fourth-order valence-corrected chi connectivity index (χ4v) is 1.86. The number of sulfone groups is 1. The van der Waals surface area contributed by atoms with Crippen molar-refractivity contribution in [2.45, 2.75) is 38.9 Å². The molecule has 0 saturated carbocycles. The molecule has 0 spiro atoms. The van der Waals surface area contributed by atoms with Gasteiger partial charge in [-0.2, -0.15) is 0 Å². The number of carboxylic acid groups (broad SMARTS) is 1. The molecule has 19 heavy (non-hydrogen) atoms. The molecule has 0 aliphatic heterocycles. The fraction of sp³-hybridized carbons (Fsp3) is 0.667. The third kappa shape index (κ3) is 3.15. The molecule has 1 rings (SSSR count). The molecule has 0 aliphatic rings. The van der Waals surface area contributed by atoms with Crippen molar-refractivity contribution in [3.05, 3.63) is 17.3 Å². The Morgan fingerprint density at radius 2 is 1.95 bits per heavy atom. The van der Waals surface area contributed by atoms with Gasteiger partial charge in [-0.25, -0.2) is 18.2 Å². The number of aromatic carboxylic acids is 1. The number of hydrogen-bond acceptors (Lipinski definition) is 5. The zero-order valence-electron chi connectivity index (χ0n) is 11.7. The lowest BCUT2D eigenvalue weighted by molar-refractivity contribution is 0.0657. The van der Waals surface area contributed by atoms with Crippen molar-refractivity contribution in [3.63, 3.8) is 0 Å². The van der Waals surface area contributed by atoms with Crippen molar-refractivity contribution in [1.29, 1.82) is 0 Å². The molecular formula is C12H19NO5S. The van der Waals surface area contributed by atoms with Gasteiger partial charge in [0.15, 0.2) is 9.84 Å². The van der Waals surface area contributed by atoms with E-state index in [0.717, 1.165) is 6.26 Å². The highest BCUT2D eigenvalue weighted by Crippen LogP contribution is 2.30. The summed E-state index contributed by atoms with van der Waals surface area (Å²) in [5.74, 6) is -1.40. The van der Waals surface area contributed by atoms with Gasteiger partial charge < -0.3 is 9.52 Å². The number of oxazole rings is 1. The van der Waals surface area contributed by atoms with Gasteiger partial charge in [-0.15, -0.1) is 0 Å². The van der Waals surface area contributed by atoms with E-state index in [-0.39, 0.29) is 23.3 Å². The highest BCUT2D eigenvalue weighted by Gasteiger charge is 2.39. The summed E-state index contributed by atoms with van der Waals surface area (Å²) in [6.45, 7) is 6.72. The van der Waals surface area contributed by atoms with E-state index in [1.165, 1.54) is 13.8 Å². The first kappa shape index (κ1) is 15.7. The molecule has 1 aromatic heterocycles. The largest absolute Gasteiger partial charge is 0.475 e. The zero-order valence-corrected chi connectivity index (χ0v) is 12.5. The zero-order chi connectivity index (χ0) is 15.0. The molecule has 0 saturated heterocycles. The number of aromatic nitrogens is 1. The second-order valence-electron chi connectivity index (χ2n) is 5.48. The Bertz CT molecular complexity index is 583. The minimum atomic E-state index is -3.46. The second kappa shape index (κ2) is 4.96. The SMILES string of the molecule is CC(C)Cc1nc(C(C)(C)S(C)(=O)=O)oc1C(=O)O. The molecule has 1 heterocycles. The van der Waals surface area contributed by atoms with Crippen LogP contribution in [0.15, 0.2) is 4.42 Å². The Morgan fingerprint density at radius 3 is 2.32 bits per heavy atom. The van der Waals surface area contributed by atoms with Gasteiger partial charge in [-0.05, 0) is 26.2 Å².